The lowest BCUT2D eigenvalue weighted by molar-refractivity contribution is -0.115. The van der Waals surface area contributed by atoms with Crippen LogP contribution >= 0.6 is 35.0 Å². The highest BCUT2D eigenvalue weighted by molar-refractivity contribution is 8.18. The van der Waals surface area contributed by atoms with Crippen LogP contribution in [-0.4, -0.2) is 18.2 Å². The summed E-state index contributed by atoms with van der Waals surface area (Å²) >= 11 is 13.4. The van der Waals surface area contributed by atoms with Crippen LogP contribution in [0.3, 0.4) is 0 Å². The van der Waals surface area contributed by atoms with Gasteiger partial charge < -0.3 is 14.8 Å². The number of ether oxygens (including phenoxy) is 2. The molecular formula is C24H18Cl2N2O3S. The number of para-hydroxylation sites is 2. The number of hydrogen-bond donors (Lipinski definition) is 1. The maximum Gasteiger partial charge on any atom is 0.264 e. The number of halogens is 2. The van der Waals surface area contributed by atoms with Crippen LogP contribution in [-0.2, 0) is 11.4 Å². The molecule has 1 heterocycles. The number of amides is 1. The Morgan fingerprint density at radius 1 is 1.03 bits per heavy atom. The first-order valence-corrected chi connectivity index (χ1v) is 11.2. The Balaban J connectivity index is 1.59. The van der Waals surface area contributed by atoms with E-state index in [0.717, 1.165) is 11.1 Å². The molecule has 162 valence electrons. The predicted octanol–water partition coefficient (Wildman–Crippen LogP) is 6.47. The molecule has 0 radical (unpaired) electrons. The second kappa shape index (κ2) is 10.1. The van der Waals surface area contributed by atoms with Crippen molar-refractivity contribution in [3.05, 3.63) is 92.8 Å². The van der Waals surface area contributed by atoms with E-state index >= 15 is 0 Å². The van der Waals surface area contributed by atoms with Crippen LogP contribution in [0.5, 0.6) is 11.5 Å². The molecule has 4 rings (SSSR count). The maximum absolute atomic E-state index is 12.5. The smallest absolute Gasteiger partial charge is 0.264 e. The van der Waals surface area contributed by atoms with Crippen molar-refractivity contribution >= 4 is 57.8 Å². The Morgan fingerprint density at radius 2 is 1.81 bits per heavy atom. The lowest BCUT2D eigenvalue weighted by Crippen LogP contribution is -2.19. The van der Waals surface area contributed by atoms with Crippen molar-refractivity contribution in [1.29, 1.82) is 0 Å². The van der Waals surface area contributed by atoms with Gasteiger partial charge in [-0.05, 0) is 53.7 Å². The summed E-state index contributed by atoms with van der Waals surface area (Å²) in [5, 5.41) is 4.41. The van der Waals surface area contributed by atoms with Gasteiger partial charge in [0.1, 0.15) is 6.61 Å². The minimum Gasteiger partial charge on any atom is -0.493 e. The average Bonchev–Trinajstić information content (AvgIpc) is 3.14. The number of rotatable bonds is 6. The van der Waals surface area contributed by atoms with Gasteiger partial charge in [-0.3, -0.25) is 4.79 Å². The minimum atomic E-state index is -0.243. The summed E-state index contributed by atoms with van der Waals surface area (Å²) in [5.74, 6) is 0.872. The first-order valence-electron chi connectivity index (χ1n) is 9.62. The molecule has 1 aliphatic rings. The van der Waals surface area contributed by atoms with Crippen molar-refractivity contribution < 1.29 is 14.3 Å². The SMILES string of the molecule is COc1cccc(/C=C2\SC(=Nc3ccccc3Cl)NC2=O)c1OCc1ccc(Cl)cc1. The summed E-state index contributed by atoms with van der Waals surface area (Å²) in [5.41, 5.74) is 2.27. The van der Waals surface area contributed by atoms with Gasteiger partial charge in [0.15, 0.2) is 16.7 Å². The first kappa shape index (κ1) is 22.3. The van der Waals surface area contributed by atoms with Gasteiger partial charge in [0.25, 0.3) is 5.91 Å². The lowest BCUT2D eigenvalue weighted by atomic mass is 10.1. The number of nitrogens with one attached hydrogen (secondary N) is 1. The molecule has 0 unspecified atom stereocenters. The van der Waals surface area contributed by atoms with Crippen molar-refractivity contribution in [1.82, 2.24) is 5.32 Å². The zero-order valence-corrected chi connectivity index (χ0v) is 19.3. The lowest BCUT2D eigenvalue weighted by Gasteiger charge is -2.14. The van der Waals surface area contributed by atoms with Crippen molar-refractivity contribution in [3.8, 4) is 11.5 Å². The normalized spacial score (nSPS) is 15.8. The number of hydrogen-bond acceptors (Lipinski definition) is 5. The largest absolute Gasteiger partial charge is 0.493 e. The Bertz CT molecular complexity index is 1210. The van der Waals surface area contributed by atoms with E-state index in [1.807, 2.05) is 54.6 Å². The van der Waals surface area contributed by atoms with Crippen LogP contribution in [0.1, 0.15) is 11.1 Å². The van der Waals surface area contributed by atoms with Gasteiger partial charge in [-0.1, -0.05) is 59.6 Å². The Hall–Kier alpha value is -2.93. The molecule has 0 atom stereocenters. The van der Waals surface area contributed by atoms with Crippen molar-refractivity contribution in [2.75, 3.05) is 7.11 Å². The number of nitrogens with zero attached hydrogens (tertiary/aromatic N) is 1. The summed E-state index contributed by atoms with van der Waals surface area (Å²) < 4.78 is 11.5. The minimum absolute atomic E-state index is 0.243. The van der Waals surface area contributed by atoms with Crippen LogP contribution in [0.2, 0.25) is 10.0 Å². The molecule has 0 aliphatic carbocycles. The molecule has 1 saturated heterocycles. The highest BCUT2D eigenvalue weighted by atomic mass is 35.5. The zero-order chi connectivity index (χ0) is 22.5. The fourth-order valence-electron chi connectivity index (χ4n) is 2.97. The average molecular weight is 485 g/mol. The third-order valence-corrected chi connectivity index (χ3v) is 6.02. The summed E-state index contributed by atoms with van der Waals surface area (Å²) in [7, 11) is 1.58. The fourth-order valence-corrected chi connectivity index (χ4v) is 4.10. The summed E-state index contributed by atoms with van der Waals surface area (Å²) in [6.07, 6.45) is 1.76. The Labute approximate surface area is 200 Å². The second-order valence-corrected chi connectivity index (χ2v) is 8.60. The quantitative estimate of drug-likeness (QED) is 0.407. The molecule has 0 spiro atoms. The van der Waals surface area contributed by atoms with E-state index in [4.69, 9.17) is 32.7 Å². The van der Waals surface area contributed by atoms with Crippen molar-refractivity contribution in [3.63, 3.8) is 0 Å². The molecule has 1 amide bonds. The first-order chi connectivity index (χ1) is 15.5. The zero-order valence-electron chi connectivity index (χ0n) is 17.0. The predicted molar refractivity (Wildman–Crippen MR) is 131 cm³/mol. The van der Waals surface area contributed by atoms with Crippen LogP contribution in [0.25, 0.3) is 6.08 Å². The van der Waals surface area contributed by atoms with Crippen LogP contribution in [0, 0.1) is 0 Å². The molecule has 1 N–H and O–H groups in total. The van der Waals surface area contributed by atoms with Gasteiger partial charge in [-0.2, -0.15) is 0 Å². The third kappa shape index (κ3) is 5.27. The van der Waals surface area contributed by atoms with E-state index in [0.29, 0.717) is 43.9 Å². The van der Waals surface area contributed by atoms with E-state index in [9.17, 15) is 4.79 Å². The van der Waals surface area contributed by atoms with Crippen LogP contribution in [0.15, 0.2) is 76.6 Å². The van der Waals surface area contributed by atoms with E-state index in [1.54, 1.807) is 25.3 Å². The van der Waals surface area contributed by atoms with Gasteiger partial charge >= 0.3 is 0 Å². The van der Waals surface area contributed by atoms with Gasteiger partial charge in [-0.15, -0.1) is 0 Å². The van der Waals surface area contributed by atoms with E-state index in [-0.39, 0.29) is 5.91 Å². The highest BCUT2D eigenvalue weighted by Gasteiger charge is 2.25. The summed E-state index contributed by atoms with van der Waals surface area (Å²) in [4.78, 5) is 17.5. The molecule has 3 aromatic carbocycles. The Kier molecular flexibility index (Phi) is 7.05. The summed E-state index contributed by atoms with van der Waals surface area (Å²) in [6.45, 7) is 0.326. The van der Waals surface area contributed by atoms with E-state index in [1.165, 1.54) is 11.8 Å². The monoisotopic (exact) mass is 484 g/mol. The molecule has 3 aromatic rings. The fraction of sp³-hybridized carbons (Fsp3) is 0.0833. The van der Waals surface area contributed by atoms with E-state index < -0.39 is 0 Å². The van der Waals surface area contributed by atoms with Crippen molar-refractivity contribution in [2.45, 2.75) is 6.61 Å². The molecule has 1 aliphatic heterocycles. The van der Waals surface area contributed by atoms with Crippen LogP contribution in [0.4, 0.5) is 5.69 Å². The topological polar surface area (TPSA) is 59.9 Å². The van der Waals surface area contributed by atoms with Gasteiger partial charge in [-0.25, -0.2) is 4.99 Å². The van der Waals surface area contributed by atoms with Gasteiger partial charge in [0, 0.05) is 10.6 Å². The number of thioether (sulfide) groups is 1. The molecule has 0 bridgehead atoms. The molecule has 32 heavy (non-hydrogen) atoms. The summed E-state index contributed by atoms with van der Waals surface area (Å²) in [6, 6.07) is 20.1. The highest BCUT2D eigenvalue weighted by Crippen LogP contribution is 2.36. The molecule has 0 saturated carbocycles. The van der Waals surface area contributed by atoms with Crippen molar-refractivity contribution in [2.24, 2.45) is 4.99 Å². The number of aliphatic imine (C=N–C) groups is 1. The molecular weight excluding hydrogens is 467 g/mol. The van der Waals surface area contributed by atoms with E-state index in [2.05, 4.69) is 10.3 Å². The third-order valence-electron chi connectivity index (χ3n) is 4.54. The number of amidine groups is 1. The number of methoxy groups -OCH3 is 1. The number of carbonyl (C=O) groups excluding carboxylic acids is 1. The molecule has 5 nitrogen and oxygen atoms in total. The standard InChI is InChI=1S/C24H18Cl2N2O3S/c1-30-20-8-4-5-16(22(20)31-14-15-9-11-17(25)12-10-15)13-21-23(29)28-24(32-21)27-19-7-3-2-6-18(19)26/h2-13H,14H2,1H3,(H,27,28,29)/b21-13-. The Morgan fingerprint density at radius 3 is 2.56 bits per heavy atom. The molecule has 0 aromatic heterocycles. The second-order valence-electron chi connectivity index (χ2n) is 6.73. The number of carbonyl (C=O) groups is 1. The van der Waals surface area contributed by atoms with Gasteiger partial charge in [0.05, 0.1) is 22.7 Å². The maximum atomic E-state index is 12.5. The van der Waals surface area contributed by atoms with Gasteiger partial charge in [0.2, 0.25) is 0 Å². The van der Waals surface area contributed by atoms with Crippen LogP contribution < -0.4 is 14.8 Å². The molecule has 8 heteroatoms. The molecule has 1 fully saturated rings. The number of benzene rings is 3.